The molecule has 0 aromatic rings. The molecule has 11 heavy (non-hydrogen) atoms. The van der Waals surface area contributed by atoms with Crippen molar-refractivity contribution in [1.82, 2.24) is 0 Å². The molecular formula is C9H14N2. The van der Waals surface area contributed by atoms with Gasteiger partial charge in [0.2, 0.25) is 0 Å². The predicted octanol–water partition coefficient (Wildman–Crippen LogP) is 2.42. The molecule has 1 heterocycles. The third-order valence-corrected chi connectivity index (χ3v) is 1.97. The lowest BCUT2D eigenvalue weighted by molar-refractivity contribution is 0.742. The van der Waals surface area contributed by atoms with E-state index in [1.807, 2.05) is 20.1 Å². The van der Waals surface area contributed by atoms with Gasteiger partial charge in [0.15, 0.2) is 0 Å². The van der Waals surface area contributed by atoms with E-state index in [1.54, 1.807) is 6.20 Å². The van der Waals surface area contributed by atoms with E-state index in [0.717, 1.165) is 11.4 Å². The van der Waals surface area contributed by atoms with Crippen LogP contribution < -0.4 is 0 Å². The molecule has 0 saturated carbocycles. The van der Waals surface area contributed by atoms with Gasteiger partial charge in [0, 0.05) is 23.5 Å². The molecule has 1 aliphatic rings. The first-order chi connectivity index (χ1) is 5.02. The Bertz CT molecular complexity index is 244. The van der Waals surface area contributed by atoms with Crippen LogP contribution in [0.25, 0.3) is 0 Å². The number of aliphatic imine (C=N–C) groups is 2. The standard InChI is InChI=1S/C9H14N2/c1-7-5-10-8(2)9(3,4)6-11-7/h5-6H,1-4H3. The maximum Gasteiger partial charge on any atom is 0.0551 e. The van der Waals surface area contributed by atoms with Crippen LogP contribution in [0.1, 0.15) is 27.7 Å². The fourth-order valence-corrected chi connectivity index (χ4v) is 0.747. The summed E-state index contributed by atoms with van der Waals surface area (Å²) in [7, 11) is 0. The number of allylic oxidation sites excluding steroid dienone is 1. The molecule has 0 amide bonds. The number of rotatable bonds is 0. The van der Waals surface area contributed by atoms with Crippen LogP contribution >= 0.6 is 0 Å². The van der Waals surface area contributed by atoms with E-state index in [4.69, 9.17) is 0 Å². The summed E-state index contributed by atoms with van der Waals surface area (Å²) in [6.45, 7) is 8.21. The quantitative estimate of drug-likeness (QED) is 0.506. The molecule has 0 unspecified atom stereocenters. The van der Waals surface area contributed by atoms with Gasteiger partial charge in [-0.15, -0.1) is 0 Å². The minimum Gasteiger partial charge on any atom is -0.263 e. The molecule has 0 aliphatic carbocycles. The second-order valence-electron chi connectivity index (χ2n) is 3.46. The Morgan fingerprint density at radius 1 is 1.27 bits per heavy atom. The van der Waals surface area contributed by atoms with Crippen LogP contribution in [0.2, 0.25) is 0 Å². The maximum atomic E-state index is 4.29. The zero-order valence-electron chi connectivity index (χ0n) is 7.55. The van der Waals surface area contributed by atoms with E-state index >= 15 is 0 Å². The largest absolute Gasteiger partial charge is 0.263 e. The van der Waals surface area contributed by atoms with Crippen LogP contribution in [-0.2, 0) is 0 Å². The molecule has 1 rings (SSSR count). The zero-order chi connectivity index (χ0) is 8.48. The molecule has 0 atom stereocenters. The summed E-state index contributed by atoms with van der Waals surface area (Å²) in [4.78, 5) is 8.54. The molecular weight excluding hydrogens is 136 g/mol. The molecule has 2 nitrogen and oxygen atoms in total. The van der Waals surface area contributed by atoms with Gasteiger partial charge in [0.1, 0.15) is 0 Å². The van der Waals surface area contributed by atoms with Crippen LogP contribution in [0.5, 0.6) is 0 Å². The average molecular weight is 150 g/mol. The van der Waals surface area contributed by atoms with Gasteiger partial charge < -0.3 is 0 Å². The van der Waals surface area contributed by atoms with Gasteiger partial charge in [-0.05, 0) is 27.7 Å². The molecule has 0 aromatic carbocycles. The van der Waals surface area contributed by atoms with E-state index in [9.17, 15) is 0 Å². The Kier molecular flexibility index (Phi) is 1.94. The number of hydrogen-bond acceptors (Lipinski definition) is 2. The summed E-state index contributed by atoms with van der Waals surface area (Å²) in [5.41, 5.74) is 2.09. The zero-order valence-corrected chi connectivity index (χ0v) is 7.55. The fourth-order valence-electron chi connectivity index (χ4n) is 0.747. The minimum absolute atomic E-state index is 0.00819. The average Bonchev–Trinajstić information content (AvgIpc) is 2.03. The Labute approximate surface area is 67.8 Å². The second kappa shape index (κ2) is 2.61. The highest BCUT2D eigenvalue weighted by Gasteiger charge is 2.19. The van der Waals surface area contributed by atoms with Crippen molar-refractivity contribution in [3.05, 3.63) is 11.9 Å². The lowest BCUT2D eigenvalue weighted by atomic mass is 9.90. The predicted molar refractivity (Wildman–Crippen MR) is 49.1 cm³/mol. The first-order valence-corrected chi connectivity index (χ1v) is 3.79. The Hall–Kier alpha value is -0.920. The van der Waals surface area contributed by atoms with E-state index < -0.39 is 0 Å². The topological polar surface area (TPSA) is 24.7 Å². The Morgan fingerprint density at radius 2 is 1.91 bits per heavy atom. The SMILES string of the molecule is CC1=CN=C(C)C(C)(C)C=N1. The molecule has 1 aliphatic heterocycles. The minimum atomic E-state index is 0.00819. The summed E-state index contributed by atoms with van der Waals surface area (Å²) in [5, 5.41) is 0. The third-order valence-electron chi connectivity index (χ3n) is 1.97. The number of hydrogen-bond donors (Lipinski definition) is 0. The van der Waals surface area contributed by atoms with Gasteiger partial charge in [0.05, 0.1) is 5.70 Å². The van der Waals surface area contributed by atoms with Gasteiger partial charge in [0.25, 0.3) is 0 Å². The third kappa shape index (κ3) is 1.76. The highest BCUT2D eigenvalue weighted by Crippen LogP contribution is 2.18. The van der Waals surface area contributed by atoms with Crippen molar-refractivity contribution in [2.24, 2.45) is 15.4 Å². The number of nitrogens with zero attached hydrogens (tertiary/aromatic N) is 2. The summed E-state index contributed by atoms with van der Waals surface area (Å²) >= 11 is 0. The van der Waals surface area contributed by atoms with Crippen molar-refractivity contribution in [2.45, 2.75) is 27.7 Å². The summed E-state index contributed by atoms with van der Waals surface area (Å²) in [5.74, 6) is 0. The summed E-state index contributed by atoms with van der Waals surface area (Å²) in [6, 6.07) is 0. The molecule has 0 saturated heterocycles. The van der Waals surface area contributed by atoms with Gasteiger partial charge >= 0.3 is 0 Å². The Morgan fingerprint density at radius 3 is 2.55 bits per heavy atom. The highest BCUT2D eigenvalue weighted by atomic mass is 14.8. The van der Waals surface area contributed by atoms with Gasteiger partial charge in [-0.2, -0.15) is 0 Å². The van der Waals surface area contributed by atoms with Gasteiger partial charge in [-0.3, -0.25) is 9.98 Å². The van der Waals surface area contributed by atoms with Crippen LogP contribution in [-0.4, -0.2) is 11.9 Å². The van der Waals surface area contributed by atoms with Crippen molar-refractivity contribution >= 4 is 11.9 Å². The molecule has 0 N–H and O–H groups in total. The van der Waals surface area contributed by atoms with Gasteiger partial charge in [-0.1, -0.05) is 0 Å². The van der Waals surface area contributed by atoms with Crippen molar-refractivity contribution in [3.8, 4) is 0 Å². The molecule has 0 radical (unpaired) electrons. The van der Waals surface area contributed by atoms with Crippen molar-refractivity contribution in [2.75, 3.05) is 0 Å². The Balaban J connectivity index is 3.03. The van der Waals surface area contributed by atoms with Crippen LogP contribution in [0, 0.1) is 5.41 Å². The monoisotopic (exact) mass is 150 g/mol. The summed E-state index contributed by atoms with van der Waals surface area (Å²) < 4.78 is 0. The molecule has 0 bridgehead atoms. The first kappa shape index (κ1) is 8.18. The van der Waals surface area contributed by atoms with Crippen molar-refractivity contribution in [1.29, 1.82) is 0 Å². The molecule has 60 valence electrons. The molecule has 2 heteroatoms. The van der Waals surface area contributed by atoms with Crippen molar-refractivity contribution in [3.63, 3.8) is 0 Å². The second-order valence-corrected chi connectivity index (χ2v) is 3.46. The maximum absolute atomic E-state index is 4.29. The first-order valence-electron chi connectivity index (χ1n) is 3.79. The van der Waals surface area contributed by atoms with E-state index in [-0.39, 0.29) is 5.41 Å². The van der Waals surface area contributed by atoms with Crippen LogP contribution in [0.4, 0.5) is 0 Å². The molecule has 0 fully saturated rings. The van der Waals surface area contributed by atoms with E-state index in [1.165, 1.54) is 0 Å². The van der Waals surface area contributed by atoms with Crippen molar-refractivity contribution < 1.29 is 0 Å². The molecule has 0 spiro atoms. The smallest absolute Gasteiger partial charge is 0.0551 e. The fraction of sp³-hybridized carbons (Fsp3) is 0.556. The lowest BCUT2D eigenvalue weighted by Gasteiger charge is -2.16. The normalized spacial score (nSPS) is 22.2. The lowest BCUT2D eigenvalue weighted by Crippen LogP contribution is -2.22. The van der Waals surface area contributed by atoms with E-state index in [0.29, 0.717) is 0 Å². The van der Waals surface area contributed by atoms with Gasteiger partial charge in [-0.25, -0.2) is 0 Å². The molecule has 0 aromatic heterocycles. The van der Waals surface area contributed by atoms with Crippen LogP contribution in [0.3, 0.4) is 0 Å². The summed E-state index contributed by atoms with van der Waals surface area (Å²) in [6.07, 6.45) is 3.76. The van der Waals surface area contributed by atoms with E-state index in [2.05, 4.69) is 23.8 Å². The van der Waals surface area contributed by atoms with Crippen LogP contribution in [0.15, 0.2) is 21.9 Å². The highest BCUT2D eigenvalue weighted by molar-refractivity contribution is 6.01.